The number of methoxy groups -OCH3 is 1. The van der Waals surface area contributed by atoms with Crippen LogP contribution in [-0.4, -0.2) is 54.2 Å². The number of amides is 1. The van der Waals surface area contributed by atoms with Crippen molar-refractivity contribution in [3.05, 3.63) is 53.2 Å². The molecule has 0 bridgehead atoms. The third-order valence-electron chi connectivity index (χ3n) is 4.80. The summed E-state index contributed by atoms with van der Waals surface area (Å²) >= 11 is 1.70. The Labute approximate surface area is 178 Å². The fourth-order valence-electron chi connectivity index (χ4n) is 3.16. The third-order valence-corrected chi connectivity index (χ3v) is 5.91. The number of pyridine rings is 2. The molecule has 4 rings (SSSR count). The van der Waals surface area contributed by atoms with Crippen molar-refractivity contribution in [2.24, 2.45) is 0 Å². The van der Waals surface area contributed by atoms with E-state index in [9.17, 15) is 4.79 Å². The Balaban J connectivity index is 1.49. The standard InChI is InChI=1S/C21H23N5O3S/c1-28-19-5-2-15(12-23-19)25-21(27)17-10-14(11-24-20(17)22)18-4-3-16(30-18)13-26-6-8-29-9-7-26/h2-5,10-12H,6-9,13H2,1H3,(H2,22,24)(H,25,27). The van der Waals surface area contributed by atoms with Gasteiger partial charge in [-0.3, -0.25) is 9.69 Å². The zero-order chi connectivity index (χ0) is 20.9. The Hall–Kier alpha value is -3.01. The second-order valence-corrected chi connectivity index (χ2v) is 8.02. The molecule has 1 fully saturated rings. The molecule has 3 aromatic rings. The van der Waals surface area contributed by atoms with Crippen molar-refractivity contribution >= 4 is 28.7 Å². The van der Waals surface area contributed by atoms with Crippen molar-refractivity contribution in [3.8, 4) is 16.3 Å². The molecule has 4 heterocycles. The summed E-state index contributed by atoms with van der Waals surface area (Å²) in [5, 5.41) is 2.80. The molecule has 1 aliphatic heterocycles. The van der Waals surface area contributed by atoms with Crippen LogP contribution >= 0.6 is 11.3 Å². The predicted octanol–water partition coefficient (Wildman–Crippen LogP) is 2.88. The molecule has 0 atom stereocenters. The maximum absolute atomic E-state index is 12.7. The van der Waals surface area contributed by atoms with E-state index < -0.39 is 0 Å². The van der Waals surface area contributed by atoms with Crippen molar-refractivity contribution in [2.45, 2.75) is 6.54 Å². The predicted molar refractivity (Wildman–Crippen MR) is 117 cm³/mol. The highest BCUT2D eigenvalue weighted by Crippen LogP contribution is 2.30. The van der Waals surface area contributed by atoms with Gasteiger partial charge in [-0.25, -0.2) is 9.97 Å². The van der Waals surface area contributed by atoms with Crippen LogP contribution in [0, 0.1) is 0 Å². The lowest BCUT2D eigenvalue weighted by atomic mass is 10.1. The molecule has 9 heteroatoms. The van der Waals surface area contributed by atoms with Gasteiger partial charge in [0.25, 0.3) is 5.91 Å². The lowest BCUT2D eigenvalue weighted by Gasteiger charge is -2.25. The van der Waals surface area contributed by atoms with Gasteiger partial charge < -0.3 is 20.5 Å². The van der Waals surface area contributed by atoms with Crippen LogP contribution in [0.4, 0.5) is 11.5 Å². The molecule has 1 saturated heterocycles. The molecule has 0 aliphatic carbocycles. The maximum Gasteiger partial charge on any atom is 0.259 e. The van der Waals surface area contributed by atoms with Crippen LogP contribution in [0.25, 0.3) is 10.4 Å². The molecule has 8 nitrogen and oxygen atoms in total. The van der Waals surface area contributed by atoms with Gasteiger partial charge >= 0.3 is 0 Å². The minimum absolute atomic E-state index is 0.183. The Bertz CT molecular complexity index is 1020. The van der Waals surface area contributed by atoms with Gasteiger partial charge in [0, 0.05) is 47.2 Å². The van der Waals surface area contributed by atoms with Crippen molar-refractivity contribution in [1.82, 2.24) is 14.9 Å². The van der Waals surface area contributed by atoms with Crippen LogP contribution in [0.3, 0.4) is 0 Å². The monoisotopic (exact) mass is 425 g/mol. The number of nitrogens with one attached hydrogen (secondary N) is 1. The van der Waals surface area contributed by atoms with Gasteiger partial charge in [-0.1, -0.05) is 0 Å². The molecular weight excluding hydrogens is 402 g/mol. The molecule has 1 aliphatic rings. The number of rotatable bonds is 6. The molecular formula is C21H23N5O3S. The highest BCUT2D eigenvalue weighted by molar-refractivity contribution is 7.15. The number of nitrogen functional groups attached to an aromatic ring is 1. The summed E-state index contributed by atoms with van der Waals surface area (Å²) in [6, 6.07) is 9.35. The van der Waals surface area contributed by atoms with Gasteiger partial charge in [-0.05, 0) is 24.3 Å². The van der Waals surface area contributed by atoms with E-state index >= 15 is 0 Å². The number of morpholine rings is 1. The topological polar surface area (TPSA) is 103 Å². The second kappa shape index (κ2) is 9.21. The fraction of sp³-hybridized carbons (Fsp3) is 0.286. The number of hydrogen-bond donors (Lipinski definition) is 2. The quantitative estimate of drug-likeness (QED) is 0.626. The van der Waals surface area contributed by atoms with E-state index in [0.717, 1.165) is 43.3 Å². The number of hydrogen-bond acceptors (Lipinski definition) is 8. The molecule has 156 valence electrons. The molecule has 1 amide bonds. The summed E-state index contributed by atoms with van der Waals surface area (Å²) < 4.78 is 10.4. The summed E-state index contributed by atoms with van der Waals surface area (Å²) in [5.41, 5.74) is 7.71. The second-order valence-electron chi connectivity index (χ2n) is 6.85. The summed E-state index contributed by atoms with van der Waals surface area (Å²) in [4.78, 5) is 25.7. The van der Waals surface area contributed by atoms with Crippen molar-refractivity contribution in [2.75, 3.05) is 44.5 Å². The van der Waals surface area contributed by atoms with Gasteiger partial charge in [-0.2, -0.15) is 0 Å². The lowest BCUT2D eigenvalue weighted by molar-refractivity contribution is 0.0346. The van der Waals surface area contributed by atoms with Crippen LogP contribution in [-0.2, 0) is 11.3 Å². The molecule has 0 saturated carbocycles. The van der Waals surface area contributed by atoms with E-state index in [4.69, 9.17) is 15.2 Å². The lowest BCUT2D eigenvalue weighted by Crippen LogP contribution is -2.35. The fourth-order valence-corrected chi connectivity index (χ4v) is 4.19. The minimum atomic E-state index is -0.334. The average Bonchev–Trinajstić information content (AvgIpc) is 3.23. The highest BCUT2D eigenvalue weighted by atomic mass is 32.1. The van der Waals surface area contributed by atoms with E-state index in [-0.39, 0.29) is 11.7 Å². The van der Waals surface area contributed by atoms with Gasteiger partial charge in [0.15, 0.2) is 0 Å². The number of nitrogens with zero attached hydrogens (tertiary/aromatic N) is 3. The molecule has 30 heavy (non-hydrogen) atoms. The smallest absolute Gasteiger partial charge is 0.259 e. The normalized spacial score (nSPS) is 14.4. The largest absolute Gasteiger partial charge is 0.481 e. The molecule has 0 radical (unpaired) electrons. The molecule has 0 unspecified atom stereocenters. The molecule has 0 spiro atoms. The first-order valence-corrected chi connectivity index (χ1v) is 10.4. The van der Waals surface area contributed by atoms with E-state index in [1.54, 1.807) is 35.7 Å². The Morgan fingerprint density at radius 3 is 2.80 bits per heavy atom. The Kier molecular flexibility index (Phi) is 6.22. The first-order chi connectivity index (χ1) is 14.6. The zero-order valence-electron chi connectivity index (χ0n) is 16.6. The van der Waals surface area contributed by atoms with E-state index in [2.05, 4.69) is 32.3 Å². The minimum Gasteiger partial charge on any atom is -0.481 e. The average molecular weight is 426 g/mol. The summed E-state index contributed by atoms with van der Waals surface area (Å²) in [6.07, 6.45) is 3.23. The Morgan fingerprint density at radius 2 is 2.07 bits per heavy atom. The van der Waals surface area contributed by atoms with Crippen LogP contribution in [0.15, 0.2) is 42.7 Å². The summed E-state index contributed by atoms with van der Waals surface area (Å²) in [6.45, 7) is 4.35. The highest BCUT2D eigenvalue weighted by Gasteiger charge is 2.16. The number of ether oxygens (including phenoxy) is 2. The third kappa shape index (κ3) is 4.76. The van der Waals surface area contributed by atoms with Crippen molar-refractivity contribution < 1.29 is 14.3 Å². The van der Waals surface area contributed by atoms with Crippen molar-refractivity contribution in [3.63, 3.8) is 0 Å². The van der Waals surface area contributed by atoms with E-state index in [1.807, 2.05) is 0 Å². The molecule has 0 aromatic carbocycles. The molecule has 3 N–H and O–H groups in total. The molecule has 3 aromatic heterocycles. The van der Waals surface area contributed by atoms with Crippen LogP contribution in [0.2, 0.25) is 0 Å². The van der Waals surface area contributed by atoms with Gasteiger partial charge in [0.2, 0.25) is 5.88 Å². The number of aromatic nitrogens is 2. The Morgan fingerprint density at radius 1 is 1.23 bits per heavy atom. The SMILES string of the molecule is COc1ccc(NC(=O)c2cc(-c3ccc(CN4CCOCC4)s3)cnc2N)cn1. The number of carbonyl (C=O) groups excluding carboxylic acids is 1. The van der Waals surface area contributed by atoms with Gasteiger partial charge in [0.1, 0.15) is 5.82 Å². The van der Waals surface area contributed by atoms with E-state index in [1.165, 1.54) is 18.2 Å². The van der Waals surface area contributed by atoms with Gasteiger partial charge in [0.05, 0.1) is 37.8 Å². The first kappa shape index (κ1) is 20.3. The number of nitrogens with two attached hydrogens (primary N) is 1. The maximum atomic E-state index is 12.7. The summed E-state index contributed by atoms with van der Waals surface area (Å²) in [7, 11) is 1.54. The van der Waals surface area contributed by atoms with Crippen LogP contribution < -0.4 is 15.8 Å². The first-order valence-electron chi connectivity index (χ1n) is 9.58. The number of carbonyl (C=O) groups is 1. The number of thiophene rings is 1. The van der Waals surface area contributed by atoms with Crippen LogP contribution in [0.5, 0.6) is 5.88 Å². The zero-order valence-corrected chi connectivity index (χ0v) is 17.4. The van der Waals surface area contributed by atoms with Crippen molar-refractivity contribution in [1.29, 1.82) is 0 Å². The summed E-state index contributed by atoms with van der Waals surface area (Å²) in [5.74, 6) is 0.323. The van der Waals surface area contributed by atoms with Crippen LogP contribution in [0.1, 0.15) is 15.2 Å². The van der Waals surface area contributed by atoms with E-state index in [0.29, 0.717) is 17.1 Å². The number of anilines is 2. The van der Waals surface area contributed by atoms with Gasteiger partial charge in [-0.15, -0.1) is 11.3 Å².